The third-order valence-electron chi connectivity index (χ3n) is 2.67. The Kier molecular flexibility index (Phi) is 3.59. The number of nitrogens with one attached hydrogen (secondary N) is 1. The van der Waals surface area contributed by atoms with Gasteiger partial charge in [0.05, 0.1) is 7.11 Å². The molecule has 0 bridgehead atoms. The average molecular weight is 290 g/mol. The van der Waals surface area contributed by atoms with E-state index in [9.17, 15) is 0 Å². The van der Waals surface area contributed by atoms with Crippen molar-refractivity contribution in [3.8, 4) is 29.3 Å². The molecule has 1 aromatic carbocycles. The molecule has 110 valence electrons. The summed E-state index contributed by atoms with van der Waals surface area (Å²) in [6.45, 7) is 2.83. The van der Waals surface area contributed by atoms with Crippen molar-refractivity contribution in [1.29, 1.82) is 0 Å². The largest absolute Gasteiger partial charge is 0.467 e. The third kappa shape index (κ3) is 2.88. The number of benzene rings is 1. The summed E-state index contributed by atoms with van der Waals surface area (Å²) in [6.07, 6.45) is 0. The second kappa shape index (κ2) is 5.70. The topological polar surface area (TPSA) is 87.6 Å². The maximum atomic E-state index is 5.62. The van der Waals surface area contributed by atoms with Crippen molar-refractivity contribution in [1.82, 2.24) is 15.0 Å². The van der Waals surface area contributed by atoms with Gasteiger partial charge in [-0.25, -0.2) is 0 Å². The van der Waals surface area contributed by atoms with Gasteiger partial charge in [-0.05, 0) is 19.1 Å². The van der Waals surface area contributed by atoms with Crippen LogP contribution in [0.4, 0.5) is 5.95 Å². The number of nitrogens with zero attached hydrogens (tertiary/aromatic N) is 3. The molecule has 2 heterocycles. The fourth-order valence-electron chi connectivity index (χ4n) is 1.76. The molecular weight excluding hydrogens is 276 g/mol. The highest BCUT2D eigenvalue weighted by Gasteiger charge is 2.15. The van der Waals surface area contributed by atoms with Gasteiger partial charge in [0.2, 0.25) is 12.7 Å². The van der Waals surface area contributed by atoms with Crippen molar-refractivity contribution in [2.45, 2.75) is 6.92 Å². The van der Waals surface area contributed by atoms with Crippen LogP contribution in [0.5, 0.6) is 29.3 Å². The smallest absolute Gasteiger partial charge is 0.330 e. The molecule has 1 N–H and O–H groups in total. The summed E-state index contributed by atoms with van der Waals surface area (Å²) in [5, 5.41) is 2.98. The van der Waals surface area contributed by atoms with E-state index in [1.165, 1.54) is 7.11 Å². The minimum Gasteiger partial charge on any atom is -0.467 e. The van der Waals surface area contributed by atoms with E-state index in [4.69, 9.17) is 18.9 Å². The van der Waals surface area contributed by atoms with Gasteiger partial charge in [0.1, 0.15) is 5.75 Å². The quantitative estimate of drug-likeness (QED) is 0.892. The maximum Gasteiger partial charge on any atom is 0.330 e. The molecule has 0 aliphatic carbocycles. The lowest BCUT2D eigenvalue weighted by Crippen LogP contribution is -2.06. The van der Waals surface area contributed by atoms with Gasteiger partial charge in [-0.2, -0.15) is 9.97 Å². The van der Waals surface area contributed by atoms with E-state index >= 15 is 0 Å². The monoisotopic (exact) mass is 290 g/mol. The first-order valence-electron chi connectivity index (χ1n) is 6.40. The first-order chi connectivity index (χ1) is 10.3. The molecule has 1 aliphatic heterocycles. The van der Waals surface area contributed by atoms with E-state index in [0.717, 1.165) is 0 Å². The number of methoxy groups -OCH3 is 1. The van der Waals surface area contributed by atoms with E-state index < -0.39 is 0 Å². The van der Waals surface area contributed by atoms with E-state index in [2.05, 4.69) is 20.3 Å². The molecule has 21 heavy (non-hydrogen) atoms. The summed E-state index contributed by atoms with van der Waals surface area (Å²) in [5.74, 6) is 2.24. The Morgan fingerprint density at radius 3 is 2.76 bits per heavy atom. The minimum atomic E-state index is 0.136. The predicted octanol–water partition coefficient (Wildman–Crippen LogP) is 1.83. The summed E-state index contributed by atoms with van der Waals surface area (Å²) < 4.78 is 21.2. The number of aromatic nitrogens is 3. The Hall–Kier alpha value is -2.77. The second-order valence-electron chi connectivity index (χ2n) is 4.08. The van der Waals surface area contributed by atoms with Crippen molar-refractivity contribution in [3.63, 3.8) is 0 Å². The van der Waals surface area contributed by atoms with Gasteiger partial charge in [0.15, 0.2) is 11.5 Å². The zero-order chi connectivity index (χ0) is 14.7. The number of rotatable bonds is 5. The molecule has 0 saturated heterocycles. The SMILES string of the molecule is CCNc1nc(OC)nc(Oc2ccc3c(c2)OCO3)n1. The second-order valence-corrected chi connectivity index (χ2v) is 4.08. The van der Waals surface area contributed by atoms with Gasteiger partial charge in [-0.1, -0.05) is 0 Å². The molecule has 0 amide bonds. The molecule has 0 saturated carbocycles. The van der Waals surface area contributed by atoms with Crippen LogP contribution in [0.25, 0.3) is 0 Å². The number of ether oxygens (including phenoxy) is 4. The Balaban J connectivity index is 1.85. The summed E-state index contributed by atoms with van der Waals surface area (Å²) in [6, 6.07) is 5.54. The molecule has 0 spiro atoms. The van der Waals surface area contributed by atoms with Crippen LogP contribution in [0.2, 0.25) is 0 Å². The number of anilines is 1. The molecule has 2 aromatic rings. The summed E-state index contributed by atoms with van der Waals surface area (Å²) >= 11 is 0. The Labute approximate surface area is 121 Å². The van der Waals surface area contributed by atoms with E-state index in [-0.39, 0.29) is 18.8 Å². The summed E-state index contributed by atoms with van der Waals surface area (Å²) in [5.41, 5.74) is 0. The van der Waals surface area contributed by atoms with Crippen molar-refractivity contribution >= 4 is 5.95 Å². The highest BCUT2D eigenvalue weighted by molar-refractivity contribution is 5.47. The molecule has 1 aliphatic rings. The summed E-state index contributed by atoms with van der Waals surface area (Å²) in [7, 11) is 1.48. The molecule has 0 atom stereocenters. The highest BCUT2D eigenvalue weighted by Crippen LogP contribution is 2.36. The highest BCUT2D eigenvalue weighted by atomic mass is 16.7. The van der Waals surface area contributed by atoms with Gasteiger partial charge in [-0.15, -0.1) is 4.98 Å². The van der Waals surface area contributed by atoms with E-state index in [0.29, 0.717) is 29.7 Å². The van der Waals surface area contributed by atoms with E-state index in [1.54, 1.807) is 18.2 Å². The predicted molar refractivity (Wildman–Crippen MR) is 73.2 cm³/mol. The molecule has 3 rings (SSSR count). The lowest BCUT2D eigenvalue weighted by atomic mass is 10.3. The zero-order valence-electron chi connectivity index (χ0n) is 11.6. The van der Waals surface area contributed by atoms with Gasteiger partial charge in [0, 0.05) is 12.6 Å². The van der Waals surface area contributed by atoms with Crippen LogP contribution < -0.4 is 24.3 Å². The zero-order valence-corrected chi connectivity index (χ0v) is 11.6. The average Bonchev–Trinajstić information content (AvgIpc) is 2.95. The first kappa shape index (κ1) is 13.2. The minimum absolute atomic E-state index is 0.136. The summed E-state index contributed by atoms with van der Waals surface area (Å²) in [4.78, 5) is 12.3. The maximum absolute atomic E-state index is 5.62. The van der Waals surface area contributed by atoms with Crippen LogP contribution in [0.3, 0.4) is 0 Å². The van der Waals surface area contributed by atoms with Crippen LogP contribution >= 0.6 is 0 Å². The van der Waals surface area contributed by atoms with Gasteiger partial charge in [0.25, 0.3) is 0 Å². The Bertz CT molecular complexity index is 650. The fourth-order valence-corrected chi connectivity index (χ4v) is 1.76. The number of hydrogen-bond acceptors (Lipinski definition) is 8. The van der Waals surface area contributed by atoms with Crippen molar-refractivity contribution in [2.24, 2.45) is 0 Å². The standard InChI is InChI=1S/C13H14N4O4/c1-3-14-11-15-12(18-2)17-13(16-11)21-8-4-5-9-10(6-8)20-7-19-9/h4-6H,3,7H2,1-2H3,(H,14,15,16,17). The van der Waals surface area contributed by atoms with Crippen LogP contribution in [-0.2, 0) is 0 Å². The lowest BCUT2D eigenvalue weighted by molar-refractivity contribution is 0.174. The molecule has 8 heteroatoms. The van der Waals surface area contributed by atoms with Gasteiger partial charge >= 0.3 is 12.0 Å². The van der Waals surface area contributed by atoms with Gasteiger partial charge < -0.3 is 24.3 Å². The van der Waals surface area contributed by atoms with Crippen molar-refractivity contribution in [2.75, 3.05) is 25.8 Å². The molecule has 1 aromatic heterocycles. The Morgan fingerprint density at radius 2 is 1.95 bits per heavy atom. The van der Waals surface area contributed by atoms with Crippen LogP contribution in [0.1, 0.15) is 6.92 Å². The molecular formula is C13H14N4O4. The van der Waals surface area contributed by atoms with E-state index in [1.807, 2.05) is 6.92 Å². The molecule has 0 radical (unpaired) electrons. The number of fused-ring (bicyclic) bond motifs is 1. The Morgan fingerprint density at radius 1 is 1.14 bits per heavy atom. The van der Waals surface area contributed by atoms with Gasteiger partial charge in [-0.3, -0.25) is 0 Å². The molecule has 0 unspecified atom stereocenters. The normalized spacial score (nSPS) is 12.1. The fraction of sp³-hybridized carbons (Fsp3) is 0.308. The van der Waals surface area contributed by atoms with Crippen LogP contribution in [0.15, 0.2) is 18.2 Å². The van der Waals surface area contributed by atoms with Crippen molar-refractivity contribution in [3.05, 3.63) is 18.2 Å². The lowest BCUT2D eigenvalue weighted by Gasteiger charge is -2.08. The van der Waals surface area contributed by atoms with Crippen LogP contribution in [-0.4, -0.2) is 35.4 Å². The van der Waals surface area contributed by atoms with Crippen molar-refractivity contribution < 1.29 is 18.9 Å². The first-order valence-corrected chi connectivity index (χ1v) is 6.40. The molecule has 8 nitrogen and oxygen atoms in total. The number of hydrogen-bond donors (Lipinski definition) is 1. The molecule has 0 fully saturated rings. The third-order valence-corrected chi connectivity index (χ3v) is 2.67. The van der Waals surface area contributed by atoms with Crippen LogP contribution in [0, 0.1) is 0 Å².